The fourth-order valence-corrected chi connectivity index (χ4v) is 2.58. The topological polar surface area (TPSA) is 109 Å². The van der Waals surface area contributed by atoms with E-state index < -0.39 is 17.1 Å². The zero-order valence-electron chi connectivity index (χ0n) is 12.6. The van der Waals surface area contributed by atoms with Crippen molar-refractivity contribution in [2.75, 3.05) is 0 Å². The Morgan fingerprint density at radius 1 is 1.13 bits per heavy atom. The van der Waals surface area contributed by atoms with Crippen molar-refractivity contribution < 1.29 is 10.2 Å². The van der Waals surface area contributed by atoms with Crippen LogP contribution in [0.3, 0.4) is 0 Å². The number of hydrogen-bond acceptors (Lipinski definition) is 6. The molecule has 1 aliphatic rings. The summed E-state index contributed by atoms with van der Waals surface area (Å²) in [5.74, 6) is -0.234. The van der Waals surface area contributed by atoms with E-state index in [-0.39, 0.29) is 17.4 Å². The van der Waals surface area contributed by atoms with E-state index in [4.69, 9.17) is 0 Å². The van der Waals surface area contributed by atoms with E-state index in [1.54, 1.807) is 24.3 Å². The average molecular weight is 316 g/mol. The maximum absolute atomic E-state index is 12.3. The van der Waals surface area contributed by atoms with Gasteiger partial charge in [-0.15, -0.1) is 0 Å². The molecule has 3 rings (SSSR count). The summed E-state index contributed by atoms with van der Waals surface area (Å²) in [6, 6.07) is 6.47. The molecule has 0 saturated carbocycles. The molecule has 0 fully saturated rings. The Morgan fingerprint density at radius 3 is 2.43 bits per heavy atom. The number of phenolic OH excluding ortho intramolecular Hbond substituents is 1. The number of aromatic hydroxyl groups is 2. The second-order valence-corrected chi connectivity index (χ2v) is 5.44. The molecule has 23 heavy (non-hydrogen) atoms. The first-order valence-electron chi connectivity index (χ1n) is 7.00. The lowest BCUT2D eigenvalue weighted by Gasteiger charge is -2.11. The highest BCUT2D eigenvalue weighted by atomic mass is 16.3. The number of nitrogens with zero attached hydrogens (tertiary/aromatic N) is 3. The molecule has 1 aliphatic heterocycles. The van der Waals surface area contributed by atoms with Crippen molar-refractivity contribution in [3.05, 3.63) is 56.2 Å². The minimum absolute atomic E-state index is 0.0170. The quantitative estimate of drug-likeness (QED) is 0.719. The van der Waals surface area contributed by atoms with Gasteiger partial charge in [0.1, 0.15) is 11.3 Å². The van der Waals surface area contributed by atoms with Gasteiger partial charge in [0.2, 0.25) is 5.88 Å². The molecular formula is C15H16N4O4. The SMILES string of the molecule is Cn1c(O)c(C2=NNC(c3ccc(O)cc3)C2)c(=O)n(C)c1=O. The highest BCUT2D eigenvalue weighted by Crippen LogP contribution is 2.26. The predicted molar refractivity (Wildman–Crippen MR) is 83.7 cm³/mol. The summed E-state index contributed by atoms with van der Waals surface area (Å²) >= 11 is 0. The summed E-state index contributed by atoms with van der Waals surface area (Å²) in [5, 5.41) is 23.6. The van der Waals surface area contributed by atoms with Gasteiger partial charge in [0.25, 0.3) is 5.56 Å². The number of rotatable bonds is 2. The molecule has 1 aromatic carbocycles. The molecule has 1 atom stereocenters. The van der Waals surface area contributed by atoms with E-state index in [9.17, 15) is 19.8 Å². The van der Waals surface area contributed by atoms with Crippen molar-refractivity contribution in [2.24, 2.45) is 19.2 Å². The third-order valence-electron chi connectivity index (χ3n) is 3.97. The third kappa shape index (κ3) is 2.37. The highest BCUT2D eigenvalue weighted by molar-refractivity contribution is 6.03. The molecule has 0 spiro atoms. The monoisotopic (exact) mass is 316 g/mol. The second-order valence-electron chi connectivity index (χ2n) is 5.44. The van der Waals surface area contributed by atoms with Gasteiger partial charge < -0.3 is 15.6 Å². The van der Waals surface area contributed by atoms with Crippen LogP contribution in [0.5, 0.6) is 11.6 Å². The summed E-state index contributed by atoms with van der Waals surface area (Å²) in [4.78, 5) is 24.1. The maximum Gasteiger partial charge on any atom is 0.333 e. The molecule has 120 valence electrons. The van der Waals surface area contributed by atoms with Crippen LogP contribution in [0.4, 0.5) is 0 Å². The number of phenols is 1. The lowest BCUT2D eigenvalue weighted by molar-refractivity contribution is 0.410. The van der Waals surface area contributed by atoms with Crippen molar-refractivity contribution in [3.63, 3.8) is 0 Å². The van der Waals surface area contributed by atoms with Gasteiger partial charge in [0, 0.05) is 20.5 Å². The summed E-state index contributed by atoms with van der Waals surface area (Å²) in [7, 11) is 2.75. The molecule has 0 aliphatic carbocycles. The Kier molecular flexibility index (Phi) is 3.44. The molecule has 1 aromatic heterocycles. The van der Waals surface area contributed by atoms with Crippen molar-refractivity contribution in [1.82, 2.24) is 14.6 Å². The summed E-state index contributed by atoms with van der Waals surface area (Å²) in [6.45, 7) is 0. The number of hydrazone groups is 1. The average Bonchev–Trinajstić information content (AvgIpc) is 3.01. The molecule has 8 nitrogen and oxygen atoms in total. The van der Waals surface area contributed by atoms with E-state index >= 15 is 0 Å². The number of benzene rings is 1. The molecule has 2 heterocycles. The van der Waals surface area contributed by atoms with Crippen LogP contribution in [0.2, 0.25) is 0 Å². The zero-order chi connectivity index (χ0) is 16.7. The normalized spacial score (nSPS) is 17.0. The highest BCUT2D eigenvalue weighted by Gasteiger charge is 2.27. The minimum atomic E-state index is -0.599. The van der Waals surface area contributed by atoms with Gasteiger partial charge in [-0.1, -0.05) is 12.1 Å². The van der Waals surface area contributed by atoms with Crippen molar-refractivity contribution in [2.45, 2.75) is 12.5 Å². The van der Waals surface area contributed by atoms with E-state index in [0.29, 0.717) is 12.1 Å². The fourth-order valence-electron chi connectivity index (χ4n) is 2.58. The summed E-state index contributed by atoms with van der Waals surface area (Å²) < 4.78 is 1.94. The van der Waals surface area contributed by atoms with Crippen molar-refractivity contribution >= 4 is 5.71 Å². The van der Waals surface area contributed by atoms with Crippen LogP contribution < -0.4 is 16.7 Å². The Balaban J connectivity index is 1.98. The largest absolute Gasteiger partial charge is 0.508 e. The minimum Gasteiger partial charge on any atom is -0.508 e. The Morgan fingerprint density at radius 2 is 1.78 bits per heavy atom. The molecule has 8 heteroatoms. The molecule has 0 radical (unpaired) electrons. The standard InChI is InChI=1S/C15H16N4O4/c1-18-13(21)12(14(22)19(2)15(18)23)11-7-10(16-17-11)8-3-5-9(20)6-4-8/h3-6,10,16,20-21H,7H2,1-2H3. The van der Waals surface area contributed by atoms with E-state index in [2.05, 4.69) is 10.5 Å². The third-order valence-corrected chi connectivity index (χ3v) is 3.97. The van der Waals surface area contributed by atoms with E-state index in [1.165, 1.54) is 14.1 Å². The van der Waals surface area contributed by atoms with Crippen LogP contribution in [0.15, 0.2) is 39.0 Å². The Labute approximate surface area is 130 Å². The van der Waals surface area contributed by atoms with Gasteiger partial charge in [0.15, 0.2) is 0 Å². The first-order valence-corrected chi connectivity index (χ1v) is 7.00. The van der Waals surface area contributed by atoms with Crippen molar-refractivity contribution in [3.8, 4) is 11.6 Å². The first kappa shape index (κ1) is 14.9. The first-order chi connectivity index (χ1) is 10.9. The van der Waals surface area contributed by atoms with Crippen LogP contribution in [-0.2, 0) is 14.1 Å². The molecule has 3 N–H and O–H groups in total. The molecule has 1 unspecified atom stereocenters. The van der Waals surface area contributed by atoms with Gasteiger partial charge in [0.05, 0.1) is 11.8 Å². The van der Waals surface area contributed by atoms with Crippen molar-refractivity contribution in [1.29, 1.82) is 0 Å². The van der Waals surface area contributed by atoms with E-state index in [0.717, 1.165) is 14.7 Å². The van der Waals surface area contributed by atoms with Gasteiger partial charge in [-0.2, -0.15) is 5.10 Å². The molecule has 0 bridgehead atoms. The van der Waals surface area contributed by atoms with Gasteiger partial charge >= 0.3 is 5.69 Å². The van der Waals surface area contributed by atoms with Crippen LogP contribution in [0.1, 0.15) is 23.6 Å². The number of aromatic nitrogens is 2. The Bertz CT molecular complexity index is 909. The number of nitrogens with one attached hydrogen (secondary N) is 1. The van der Waals surface area contributed by atoms with Crippen LogP contribution in [0.25, 0.3) is 0 Å². The molecular weight excluding hydrogens is 300 g/mol. The smallest absolute Gasteiger partial charge is 0.333 e. The fraction of sp³-hybridized carbons (Fsp3) is 0.267. The second kappa shape index (κ2) is 5.31. The molecule has 0 saturated heterocycles. The molecule has 2 aromatic rings. The summed E-state index contributed by atoms with van der Waals surface area (Å²) in [6.07, 6.45) is 0.381. The van der Waals surface area contributed by atoms with Crippen LogP contribution in [0, 0.1) is 0 Å². The van der Waals surface area contributed by atoms with Crippen LogP contribution in [-0.4, -0.2) is 25.1 Å². The summed E-state index contributed by atoms with van der Waals surface area (Å²) in [5.41, 5.74) is 3.02. The van der Waals surface area contributed by atoms with Gasteiger partial charge in [-0.05, 0) is 17.7 Å². The van der Waals surface area contributed by atoms with Gasteiger partial charge in [-0.25, -0.2) is 4.79 Å². The zero-order valence-corrected chi connectivity index (χ0v) is 12.6. The van der Waals surface area contributed by atoms with Gasteiger partial charge in [-0.3, -0.25) is 13.9 Å². The number of hydrogen-bond donors (Lipinski definition) is 3. The van der Waals surface area contributed by atoms with E-state index in [1.807, 2.05) is 0 Å². The maximum atomic E-state index is 12.3. The lowest BCUT2D eigenvalue weighted by Crippen LogP contribution is -2.39. The van der Waals surface area contributed by atoms with Crippen LogP contribution >= 0.6 is 0 Å². The Hall–Kier alpha value is -3.03. The lowest BCUT2D eigenvalue weighted by atomic mass is 10.00. The molecule has 0 amide bonds. The predicted octanol–water partition coefficient (Wildman–Crippen LogP) is -0.0661.